The molecule has 10 nitrogen and oxygen atoms in total. The molecule has 0 saturated heterocycles. The minimum absolute atomic E-state index is 0.183. The highest BCUT2D eigenvalue weighted by atomic mass is 17.1. The zero-order valence-electron chi connectivity index (χ0n) is 11.5. The highest BCUT2D eigenvalue weighted by Gasteiger charge is 2.15. The van der Waals surface area contributed by atoms with Gasteiger partial charge in [-0.3, -0.25) is 25.6 Å². The van der Waals surface area contributed by atoms with E-state index < -0.39 is 16.9 Å². The predicted octanol–water partition coefficient (Wildman–Crippen LogP) is 0.749. The SMILES string of the molecule is CC(C)C(=O)OCCCC[C@H](CON(O)O)ON(O)O. The molecule has 0 amide bonds. The standard InChI is InChI=1S/C10H22N2O8/c1-8(2)10(13)18-6-4-3-5-9(20-12(16)17)7-19-11(14)15/h8-9,14-17H,3-7H2,1-2H3/t9-/m1/s1. The predicted molar refractivity (Wildman–Crippen MR) is 61.3 cm³/mol. The number of hydrogen-bond donors (Lipinski definition) is 4. The lowest BCUT2D eigenvalue weighted by molar-refractivity contribution is -0.527. The van der Waals surface area contributed by atoms with Crippen molar-refractivity contribution >= 4 is 5.97 Å². The van der Waals surface area contributed by atoms with E-state index in [9.17, 15) is 4.79 Å². The van der Waals surface area contributed by atoms with Gasteiger partial charge in [-0.25, -0.2) is 9.68 Å². The first-order chi connectivity index (χ1) is 9.32. The molecule has 1 atom stereocenters. The van der Waals surface area contributed by atoms with Crippen LogP contribution in [-0.4, -0.2) is 56.9 Å². The van der Waals surface area contributed by atoms with Crippen molar-refractivity contribution in [2.75, 3.05) is 13.2 Å². The number of carbonyl (C=O) groups excluding carboxylic acids is 1. The van der Waals surface area contributed by atoms with Crippen LogP contribution in [0.4, 0.5) is 0 Å². The molecule has 0 bridgehead atoms. The molecule has 0 aromatic carbocycles. The summed E-state index contributed by atoms with van der Waals surface area (Å²) in [6, 6.07) is 0. The van der Waals surface area contributed by atoms with Crippen molar-refractivity contribution in [1.82, 2.24) is 10.8 Å². The first-order valence-corrected chi connectivity index (χ1v) is 6.15. The largest absolute Gasteiger partial charge is 0.465 e. The Morgan fingerprint density at radius 1 is 1.10 bits per heavy atom. The quantitative estimate of drug-likeness (QED) is 0.246. The van der Waals surface area contributed by atoms with Crippen LogP contribution in [0.3, 0.4) is 0 Å². The van der Waals surface area contributed by atoms with E-state index in [1.54, 1.807) is 13.8 Å². The summed E-state index contributed by atoms with van der Waals surface area (Å²) in [5.74, 6) is -0.467. The van der Waals surface area contributed by atoms with E-state index in [-0.39, 0.29) is 25.1 Å². The van der Waals surface area contributed by atoms with E-state index in [1.165, 1.54) is 0 Å². The molecule has 0 aliphatic rings. The minimum Gasteiger partial charge on any atom is -0.465 e. The summed E-state index contributed by atoms with van der Waals surface area (Å²) < 4.78 is 4.96. The van der Waals surface area contributed by atoms with Crippen LogP contribution in [0.25, 0.3) is 0 Å². The van der Waals surface area contributed by atoms with Crippen molar-refractivity contribution in [3.8, 4) is 0 Å². The molecule has 0 spiro atoms. The highest BCUT2D eigenvalue weighted by molar-refractivity contribution is 5.71. The molecule has 0 rings (SSSR count). The maximum absolute atomic E-state index is 11.2. The van der Waals surface area contributed by atoms with Crippen LogP contribution < -0.4 is 0 Å². The molecule has 0 heterocycles. The third kappa shape index (κ3) is 11.0. The van der Waals surface area contributed by atoms with E-state index in [4.69, 9.17) is 25.6 Å². The molecule has 0 fully saturated rings. The average molecular weight is 298 g/mol. The Balaban J connectivity index is 3.80. The maximum Gasteiger partial charge on any atom is 0.308 e. The van der Waals surface area contributed by atoms with Gasteiger partial charge in [0.15, 0.2) is 0 Å². The molecule has 0 aliphatic carbocycles. The number of carbonyl (C=O) groups is 1. The summed E-state index contributed by atoms with van der Waals surface area (Å²) in [6.45, 7) is 3.40. The topological polar surface area (TPSA) is 132 Å². The Bertz CT molecular complexity index is 262. The summed E-state index contributed by atoms with van der Waals surface area (Å²) in [5.41, 5.74) is 0. The number of ether oxygens (including phenoxy) is 1. The van der Waals surface area contributed by atoms with Crippen molar-refractivity contribution in [2.45, 2.75) is 39.2 Å². The molecular weight excluding hydrogens is 276 g/mol. The summed E-state index contributed by atoms with van der Waals surface area (Å²) in [5, 5.41) is 32.8. The molecule has 20 heavy (non-hydrogen) atoms. The first-order valence-electron chi connectivity index (χ1n) is 6.15. The van der Waals surface area contributed by atoms with Gasteiger partial charge < -0.3 is 4.74 Å². The zero-order chi connectivity index (χ0) is 15.5. The zero-order valence-corrected chi connectivity index (χ0v) is 11.5. The first kappa shape index (κ1) is 19.1. The lowest BCUT2D eigenvalue weighted by atomic mass is 10.1. The van der Waals surface area contributed by atoms with Crippen LogP contribution >= 0.6 is 0 Å². The van der Waals surface area contributed by atoms with Crippen molar-refractivity contribution < 1.29 is 40.0 Å². The van der Waals surface area contributed by atoms with Gasteiger partial charge in [0.2, 0.25) is 0 Å². The summed E-state index contributed by atoms with van der Waals surface area (Å²) >= 11 is 0. The fraction of sp³-hybridized carbons (Fsp3) is 0.900. The van der Waals surface area contributed by atoms with Gasteiger partial charge in [0.25, 0.3) is 0 Å². The third-order valence-electron chi connectivity index (χ3n) is 2.26. The van der Waals surface area contributed by atoms with E-state index in [1.807, 2.05) is 0 Å². The molecule has 0 radical (unpaired) electrons. The fourth-order valence-electron chi connectivity index (χ4n) is 1.26. The van der Waals surface area contributed by atoms with Crippen LogP contribution in [0.15, 0.2) is 0 Å². The molecule has 0 saturated carbocycles. The van der Waals surface area contributed by atoms with Crippen LogP contribution in [0.5, 0.6) is 0 Å². The Labute approximate surface area is 116 Å². The highest BCUT2D eigenvalue weighted by Crippen LogP contribution is 2.08. The number of hydrogen-bond acceptors (Lipinski definition) is 10. The molecule has 4 N–H and O–H groups in total. The lowest BCUT2D eigenvalue weighted by Gasteiger charge is -2.18. The third-order valence-corrected chi connectivity index (χ3v) is 2.26. The Kier molecular flexibility index (Phi) is 10.4. The van der Waals surface area contributed by atoms with E-state index in [0.717, 1.165) is 0 Å². The van der Waals surface area contributed by atoms with Gasteiger partial charge in [0, 0.05) is 0 Å². The van der Waals surface area contributed by atoms with Crippen molar-refractivity contribution in [2.24, 2.45) is 5.92 Å². The fourth-order valence-corrected chi connectivity index (χ4v) is 1.26. The van der Waals surface area contributed by atoms with E-state index >= 15 is 0 Å². The van der Waals surface area contributed by atoms with Gasteiger partial charge in [-0.1, -0.05) is 13.8 Å². The second-order valence-electron chi connectivity index (χ2n) is 4.35. The molecule has 0 unspecified atom stereocenters. The maximum atomic E-state index is 11.2. The molecule has 0 aliphatic heterocycles. The molecule has 10 heteroatoms. The normalized spacial score (nSPS) is 13.2. The van der Waals surface area contributed by atoms with Crippen LogP contribution in [-0.2, 0) is 19.2 Å². The van der Waals surface area contributed by atoms with E-state index in [0.29, 0.717) is 19.3 Å². The number of nitrogens with zero attached hydrogens (tertiary/aromatic N) is 2. The van der Waals surface area contributed by atoms with Gasteiger partial charge in [-0.05, 0) is 19.3 Å². The molecule has 0 aromatic heterocycles. The Morgan fingerprint density at radius 3 is 2.25 bits per heavy atom. The smallest absolute Gasteiger partial charge is 0.308 e. The van der Waals surface area contributed by atoms with Gasteiger partial charge in [-0.2, -0.15) is 0 Å². The summed E-state index contributed by atoms with van der Waals surface area (Å²) in [7, 11) is 0. The van der Waals surface area contributed by atoms with Gasteiger partial charge in [-0.15, -0.1) is 0 Å². The lowest BCUT2D eigenvalue weighted by Crippen LogP contribution is -2.31. The Hall–Kier alpha value is -0.850. The number of unbranched alkanes of at least 4 members (excludes halogenated alkanes) is 1. The summed E-state index contributed by atoms with van der Waals surface area (Å²) in [4.78, 5) is 20.0. The van der Waals surface area contributed by atoms with Gasteiger partial charge in [0.1, 0.15) is 12.7 Å². The number of rotatable bonds is 11. The monoisotopic (exact) mass is 298 g/mol. The van der Waals surface area contributed by atoms with Crippen molar-refractivity contribution in [3.63, 3.8) is 0 Å². The van der Waals surface area contributed by atoms with Crippen molar-refractivity contribution in [1.29, 1.82) is 0 Å². The van der Waals surface area contributed by atoms with Crippen molar-refractivity contribution in [3.05, 3.63) is 0 Å². The van der Waals surface area contributed by atoms with Gasteiger partial charge >= 0.3 is 5.97 Å². The second kappa shape index (κ2) is 10.9. The van der Waals surface area contributed by atoms with E-state index in [2.05, 4.69) is 9.68 Å². The van der Waals surface area contributed by atoms with Crippen LogP contribution in [0.1, 0.15) is 33.1 Å². The van der Waals surface area contributed by atoms with Crippen LogP contribution in [0.2, 0.25) is 0 Å². The minimum atomic E-state index is -0.812. The van der Waals surface area contributed by atoms with Crippen LogP contribution in [0, 0.1) is 5.92 Å². The molecule has 0 aromatic rings. The molecule has 120 valence electrons. The molecular formula is C10H22N2O8. The van der Waals surface area contributed by atoms with Gasteiger partial charge in [0.05, 0.1) is 23.3 Å². The number of esters is 1. The Morgan fingerprint density at radius 2 is 1.75 bits per heavy atom. The second-order valence-corrected chi connectivity index (χ2v) is 4.35. The summed E-state index contributed by atoms with van der Waals surface area (Å²) in [6.07, 6.45) is 0.610. The average Bonchev–Trinajstić information content (AvgIpc) is 2.33.